The average Bonchev–Trinajstić information content (AvgIpc) is 3.06. The highest BCUT2D eigenvalue weighted by Crippen LogP contribution is 2.15. The van der Waals surface area contributed by atoms with E-state index in [2.05, 4.69) is 10.1 Å². The van der Waals surface area contributed by atoms with Crippen LogP contribution in [0.2, 0.25) is 0 Å². The number of carbonyl (C=O) groups excluding carboxylic acids is 1. The van der Waals surface area contributed by atoms with Gasteiger partial charge in [0, 0.05) is 19.0 Å². The highest BCUT2D eigenvalue weighted by Gasteiger charge is 2.22. The van der Waals surface area contributed by atoms with Crippen molar-refractivity contribution in [1.29, 1.82) is 0 Å². The normalized spacial score (nSPS) is 11.8. The summed E-state index contributed by atoms with van der Waals surface area (Å²) in [4.78, 5) is 28.4. The first-order valence-electron chi connectivity index (χ1n) is 7.46. The second-order valence-electron chi connectivity index (χ2n) is 5.20. The Morgan fingerprint density at radius 2 is 2.00 bits per heavy atom. The van der Waals surface area contributed by atoms with Crippen molar-refractivity contribution in [3.8, 4) is 5.75 Å². The summed E-state index contributed by atoms with van der Waals surface area (Å²) in [5, 5.41) is 12.7. The number of benzene rings is 1. The lowest BCUT2D eigenvalue weighted by Crippen LogP contribution is -2.40. The van der Waals surface area contributed by atoms with Gasteiger partial charge in [0.15, 0.2) is 6.61 Å². The van der Waals surface area contributed by atoms with Crippen LogP contribution in [-0.4, -0.2) is 45.1 Å². The lowest BCUT2D eigenvalue weighted by molar-refractivity contribution is -0.141. The van der Waals surface area contributed by atoms with Crippen LogP contribution < -0.4 is 4.74 Å². The van der Waals surface area contributed by atoms with Gasteiger partial charge in [0.25, 0.3) is 5.91 Å². The number of likely N-dealkylation sites (N-methyl/N-ethyl adjacent to an activating group) is 1. The molecule has 0 aliphatic carbocycles. The minimum absolute atomic E-state index is 0.159. The van der Waals surface area contributed by atoms with E-state index in [1.165, 1.54) is 18.9 Å². The van der Waals surface area contributed by atoms with Crippen molar-refractivity contribution in [2.24, 2.45) is 0 Å². The second-order valence-corrected chi connectivity index (χ2v) is 5.20. The number of aromatic nitrogens is 2. The van der Waals surface area contributed by atoms with E-state index >= 15 is 0 Å². The maximum absolute atomic E-state index is 12.2. The first-order valence-corrected chi connectivity index (χ1v) is 7.46. The first kappa shape index (κ1) is 17.5. The Morgan fingerprint density at radius 1 is 1.33 bits per heavy atom. The van der Waals surface area contributed by atoms with E-state index in [4.69, 9.17) is 14.4 Å². The summed E-state index contributed by atoms with van der Waals surface area (Å²) in [6.07, 6.45) is 0.659. The number of carboxylic acids is 1. The Labute approximate surface area is 139 Å². The Kier molecular flexibility index (Phi) is 5.51. The Balaban J connectivity index is 1.97. The van der Waals surface area contributed by atoms with Gasteiger partial charge in [-0.05, 0) is 31.2 Å². The third kappa shape index (κ3) is 4.09. The molecular weight excluding hydrogens is 314 g/mol. The van der Waals surface area contributed by atoms with Crippen LogP contribution in [0.15, 0.2) is 28.8 Å². The van der Waals surface area contributed by atoms with Gasteiger partial charge >= 0.3 is 5.97 Å². The summed E-state index contributed by atoms with van der Waals surface area (Å²) in [7, 11) is 1.45. The van der Waals surface area contributed by atoms with Gasteiger partial charge in [-0.2, -0.15) is 4.98 Å². The molecule has 0 bridgehead atoms. The first-order chi connectivity index (χ1) is 11.4. The van der Waals surface area contributed by atoms with Crippen molar-refractivity contribution in [2.75, 3.05) is 7.05 Å². The third-order valence-electron chi connectivity index (χ3n) is 3.54. The zero-order valence-corrected chi connectivity index (χ0v) is 13.7. The van der Waals surface area contributed by atoms with Crippen molar-refractivity contribution >= 4 is 11.9 Å². The molecule has 8 heteroatoms. The van der Waals surface area contributed by atoms with Crippen LogP contribution in [0.25, 0.3) is 0 Å². The van der Waals surface area contributed by atoms with Gasteiger partial charge in [-0.15, -0.1) is 0 Å². The summed E-state index contributed by atoms with van der Waals surface area (Å²) < 4.78 is 10.5. The fourth-order valence-electron chi connectivity index (χ4n) is 1.88. The molecule has 1 aromatic heterocycles. The number of hydrogen-bond acceptors (Lipinski definition) is 6. The predicted molar refractivity (Wildman–Crippen MR) is 83.6 cm³/mol. The number of amides is 1. The lowest BCUT2D eigenvalue weighted by atomic mass is 10.1. The molecule has 1 atom stereocenters. The van der Waals surface area contributed by atoms with Gasteiger partial charge in [0.1, 0.15) is 11.8 Å². The number of hydrogen-bond donors (Lipinski definition) is 1. The van der Waals surface area contributed by atoms with Crippen molar-refractivity contribution < 1.29 is 24.0 Å². The van der Waals surface area contributed by atoms with E-state index in [0.717, 1.165) is 0 Å². The zero-order chi connectivity index (χ0) is 17.7. The van der Waals surface area contributed by atoms with Crippen LogP contribution in [-0.2, 0) is 17.8 Å². The molecule has 1 N–H and O–H groups in total. The number of carboxylic acid groups (broad SMARTS) is 1. The molecule has 1 unspecified atom stereocenters. The van der Waals surface area contributed by atoms with Crippen LogP contribution in [0, 0.1) is 0 Å². The summed E-state index contributed by atoms with van der Waals surface area (Å²) in [6, 6.07) is 5.52. The van der Waals surface area contributed by atoms with Crippen molar-refractivity contribution in [3.63, 3.8) is 0 Å². The standard InChI is InChI=1S/C16H19N3O5/c1-4-14-17-13(18-24-14)9-23-12-7-5-11(6-8-12)15(20)19(3)10(2)16(21)22/h5-8,10H,4,9H2,1-3H3,(H,21,22). The molecule has 8 nitrogen and oxygen atoms in total. The number of aryl methyl sites for hydroxylation is 1. The van der Waals surface area contributed by atoms with Gasteiger partial charge in [-0.3, -0.25) is 4.79 Å². The van der Waals surface area contributed by atoms with E-state index in [1.54, 1.807) is 24.3 Å². The van der Waals surface area contributed by atoms with E-state index in [-0.39, 0.29) is 12.5 Å². The average molecular weight is 333 g/mol. The highest BCUT2D eigenvalue weighted by molar-refractivity contribution is 5.96. The topological polar surface area (TPSA) is 106 Å². The van der Waals surface area contributed by atoms with Gasteiger partial charge in [-0.1, -0.05) is 12.1 Å². The molecule has 0 aliphatic rings. The molecule has 24 heavy (non-hydrogen) atoms. The second kappa shape index (κ2) is 7.58. The van der Waals surface area contributed by atoms with Gasteiger partial charge in [0.05, 0.1) is 0 Å². The fourth-order valence-corrected chi connectivity index (χ4v) is 1.88. The van der Waals surface area contributed by atoms with Crippen LogP contribution in [0.1, 0.15) is 35.9 Å². The number of carbonyl (C=O) groups is 2. The van der Waals surface area contributed by atoms with Crippen molar-refractivity contribution in [1.82, 2.24) is 15.0 Å². The minimum atomic E-state index is -1.06. The highest BCUT2D eigenvalue weighted by atomic mass is 16.5. The Morgan fingerprint density at radius 3 is 2.54 bits per heavy atom. The predicted octanol–water partition coefficient (Wildman–Crippen LogP) is 1.76. The molecule has 0 fully saturated rings. The molecule has 2 aromatic rings. The largest absolute Gasteiger partial charge is 0.485 e. The SMILES string of the molecule is CCc1nc(COc2ccc(C(=O)N(C)C(C)C(=O)O)cc2)no1. The van der Waals surface area contributed by atoms with Crippen LogP contribution in [0.4, 0.5) is 0 Å². The number of rotatable bonds is 7. The quantitative estimate of drug-likeness (QED) is 0.823. The summed E-state index contributed by atoms with van der Waals surface area (Å²) in [5.41, 5.74) is 0.380. The molecule has 1 heterocycles. The van der Waals surface area contributed by atoms with Crippen molar-refractivity contribution in [2.45, 2.75) is 32.9 Å². The molecule has 1 amide bonds. The molecule has 2 rings (SSSR count). The smallest absolute Gasteiger partial charge is 0.326 e. The number of nitrogens with zero attached hydrogens (tertiary/aromatic N) is 3. The van der Waals surface area contributed by atoms with E-state index in [9.17, 15) is 9.59 Å². The summed E-state index contributed by atoms with van der Waals surface area (Å²) in [5.74, 6) is 0.107. The summed E-state index contributed by atoms with van der Waals surface area (Å²) in [6.45, 7) is 3.52. The van der Waals surface area contributed by atoms with Gasteiger partial charge in [-0.25, -0.2) is 4.79 Å². The Hall–Kier alpha value is -2.90. The van der Waals surface area contributed by atoms with Crippen LogP contribution in [0.5, 0.6) is 5.75 Å². The molecular formula is C16H19N3O5. The molecule has 0 aliphatic heterocycles. The van der Waals surface area contributed by atoms with Gasteiger partial charge < -0.3 is 19.3 Å². The minimum Gasteiger partial charge on any atom is -0.485 e. The number of ether oxygens (including phenoxy) is 1. The molecule has 1 aromatic carbocycles. The zero-order valence-electron chi connectivity index (χ0n) is 13.7. The molecule has 0 saturated heterocycles. The molecule has 0 spiro atoms. The van der Waals surface area contributed by atoms with E-state index in [0.29, 0.717) is 29.4 Å². The van der Waals surface area contributed by atoms with Crippen LogP contribution in [0.3, 0.4) is 0 Å². The maximum atomic E-state index is 12.2. The monoisotopic (exact) mass is 333 g/mol. The fraction of sp³-hybridized carbons (Fsp3) is 0.375. The summed E-state index contributed by atoms with van der Waals surface area (Å²) >= 11 is 0. The molecule has 0 radical (unpaired) electrons. The maximum Gasteiger partial charge on any atom is 0.326 e. The third-order valence-corrected chi connectivity index (χ3v) is 3.54. The number of aliphatic carboxylic acids is 1. The molecule has 0 saturated carbocycles. The van der Waals surface area contributed by atoms with Crippen LogP contribution >= 0.6 is 0 Å². The van der Waals surface area contributed by atoms with Crippen molar-refractivity contribution in [3.05, 3.63) is 41.5 Å². The Bertz CT molecular complexity index is 711. The molecule has 128 valence electrons. The van der Waals surface area contributed by atoms with E-state index in [1.807, 2.05) is 6.92 Å². The van der Waals surface area contributed by atoms with E-state index < -0.39 is 12.0 Å². The van der Waals surface area contributed by atoms with Gasteiger partial charge in [0.2, 0.25) is 11.7 Å². The lowest BCUT2D eigenvalue weighted by Gasteiger charge is -2.21.